The number of ketones is 1. The van der Waals surface area contributed by atoms with Gasteiger partial charge in [-0.1, -0.05) is 6.42 Å². The summed E-state index contributed by atoms with van der Waals surface area (Å²) in [6, 6.07) is 0.648. The molecule has 2 rings (SSSR count). The first kappa shape index (κ1) is 10.7. The van der Waals surface area contributed by atoms with E-state index in [9.17, 15) is 4.79 Å². The van der Waals surface area contributed by atoms with Gasteiger partial charge in [-0.15, -0.1) is 0 Å². The Morgan fingerprint density at radius 1 is 1.47 bits per heavy atom. The Balaban J connectivity index is 1.77. The van der Waals surface area contributed by atoms with E-state index in [1.165, 1.54) is 25.8 Å². The highest BCUT2D eigenvalue weighted by Gasteiger charge is 2.19. The molecule has 1 aliphatic heterocycles. The fourth-order valence-corrected chi connectivity index (χ4v) is 2.39. The molecule has 2 aliphatic rings. The van der Waals surface area contributed by atoms with Crippen LogP contribution < -0.4 is 5.32 Å². The number of likely N-dealkylation sites (tertiary alicyclic amines) is 1. The number of hydrogen-bond acceptors (Lipinski definition) is 3. The van der Waals surface area contributed by atoms with Crippen molar-refractivity contribution in [1.29, 1.82) is 0 Å². The molecule has 0 aromatic rings. The van der Waals surface area contributed by atoms with Crippen molar-refractivity contribution in [1.82, 2.24) is 10.2 Å². The normalized spacial score (nSPS) is 27.9. The number of piperidine rings is 1. The van der Waals surface area contributed by atoms with Crippen LogP contribution in [0.3, 0.4) is 0 Å². The molecule has 84 valence electrons. The van der Waals surface area contributed by atoms with Gasteiger partial charge in [-0.05, 0) is 32.9 Å². The minimum absolute atomic E-state index is 0.273. The summed E-state index contributed by atoms with van der Waals surface area (Å²) in [5.41, 5.74) is 1.14. The molecule has 0 spiro atoms. The highest BCUT2D eigenvalue weighted by Crippen LogP contribution is 2.16. The monoisotopic (exact) mass is 208 g/mol. The van der Waals surface area contributed by atoms with Crippen molar-refractivity contribution >= 4 is 5.78 Å². The summed E-state index contributed by atoms with van der Waals surface area (Å²) in [5.74, 6) is 0.273. The van der Waals surface area contributed by atoms with Crippen LogP contribution >= 0.6 is 0 Å². The SMILES string of the molecule is CN1CCCCC1CNC1=CC(=O)CC1. The predicted octanol–water partition coefficient (Wildman–Crippen LogP) is 1.31. The molecule has 0 bridgehead atoms. The van der Waals surface area contributed by atoms with E-state index in [-0.39, 0.29) is 5.78 Å². The number of nitrogens with one attached hydrogen (secondary N) is 1. The average Bonchev–Trinajstić information content (AvgIpc) is 2.63. The molecule has 0 aromatic heterocycles. The topological polar surface area (TPSA) is 32.3 Å². The molecule has 0 saturated carbocycles. The number of hydrogen-bond donors (Lipinski definition) is 1. The van der Waals surface area contributed by atoms with E-state index in [1.807, 2.05) is 0 Å². The fraction of sp³-hybridized carbons (Fsp3) is 0.750. The molecule has 15 heavy (non-hydrogen) atoms. The number of likely N-dealkylation sites (N-methyl/N-ethyl adjacent to an activating group) is 1. The third-order valence-corrected chi connectivity index (χ3v) is 3.46. The van der Waals surface area contributed by atoms with Crippen molar-refractivity contribution in [2.75, 3.05) is 20.1 Å². The zero-order chi connectivity index (χ0) is 10.7. The molecular formula is C12H20N2O. The Labute approximate surface area is 91.5 Å². The van der Waals surface area contributed by atoms with Gasteiger partial charge in [0, 0.05) is 30.8 Å². The van der Waals surface area contributed by atoms with Crippen LogP contribution in [0.15, 0.2) is 11.8 Å². The summed E-state index contributed by atoms with van der Waals surface area (Å²) in [4.78, 5) is 13.5. The summed E-state index contributed by atoms with van der Waals surface area (Å²) >= 11 is 0. The smallest absolute Gasteiger partial charge is 0.157 e. The minimum atomic E-state index is 0.273. The van der Waals surface area contributed by atoms with Crippen molar-refractivity contribution in [3.63, 3.8) is 0 Å². The van der Waals surface area contributed by atoms with Crippen molar-refractivity contribution in [2.24, 2.45) is 0 Å². The molecule has 1 aliphatic carbocycles. The predicted molar refractivity (Wildman–Crippen MR) is 60.6 cm³/mol. The molecule has 0 aromatic carbocycles. The maximum atomic E-state index is 11.0. The van der Waals surface area contributed by atoms with Gasteiger partial charge in [0.15, 0.2) is 5.78 Å². The Morgan fingerprint density at radius 3 is 3.00 bits per heavy atom. The van der Waals surface area contributed by atoms with Crippen LogP contribution in [-0.2, 0) is 4.79 Å². The maximum absolute atomic E-state index is 11.0. The van der Waals surface area contributed by atoms with Gasteiger partial charge in [-0.25, -0.2) is 0 Å². The second kappa shape index (κ2) is 4.79. The number of allylic oxidation sites excluding steroid dienone is 2. The summed E-state index contributed by atoms with van der Waals surface area (Å²) in [6.07, 6.45) is 7.33. The molecule has 1 unspecified atom stereocenters. The maximum Gasteiger partial charge on any atom is 0.157 e. The van der Waals surface area contributed by atoms with Gasteiger partial charge in [-0.2, -0.15) is 0 Å². The van der Waals surface area contributed by atoms with E-state index in [0.29, 0.717) is 12.5 Å². The molecule has 1 saturated heterocycles. The fourth-order valence-electron chi connectivity index (χ4n) is 2.39. The van der Waals surface area contributed by atoms with Gasteiger partial charge in [0.1, 0.15) is 0 Å². The molecule has 0 amide bonds. The van der Waals surface area contributed by atoms with Crippen molar-refractivity contribution in [3.05, 3.63) is 11.8 Å². The summed E-state index contributed by atoms with van der Waals surface area (Å²) < 4.78 is 0. The summed E-state index contributed by atoms with van der Waals surface area (Å²) in [5, 5.41) is 3.41. The van der Waals surface area contributed by atoms with Crippen LogP contribution in [0.25, 0.3) is 0 Å². The first-order chi connectivity index (χ1) is 7.25. The Bertz CT molecular complexity index is 273. The van der Waals surface area contributed by atoms with Crippen molar-refractivity contribution < 1.29 is 4.79 Å². The first-order valence-corrected chi connectivity index (χ1v) is 5.93. The Hall–Kier alpha value is -0.830. The zero-order valence-electron chi connectivity index (χ0n) is 9.46. The Kier molecular flexibility index (Phi) is 3.41. The van der Waals surface area contributed by atoms with Crippen molar-refractivity contribution in [3.8, 4) is 0 Å². The highest BCUT2D eigenvalue weighted by atomic mass is 16.1. The third-order valence-electron chi connectivity index (χ3n) is 3.46. The van der Waals surface area contributed by atoms with Gasteiger partial charge in [0.2, 0.25) is 0 Å². The molecule has 1 atom stereocenters. The average molecular weight is 208 g/mol. The van der Waals surface area contributed by atoms with Gasteiger partial charge >= 0.3 is 0 Å². The van der Waals surface area contributed by atoms with E-state index in [2.05, 4.69) is 17.3 Å². The first-order valence-electron chi connectivity index (χ1n) is 5.93. The second-order valence-electron chi connectivity index (χ2n) is 4.65. The Morgan fingerprint density at radius 2 is 2.33 bits per heavy atom. The van der Waals surface area contributed by atoms with E-state index in [4.69, 9.17) is 0 Å². The van der Waals surface area contributed by atoms with Gasteiger partial charge in [-0.3, -0.25) is 4.79 Å². The summed E-state index contributed by atoms with van der Waals surface area (Å²) in [7, 11) is 2.19. The third kappa shape index (κ3) is 2.81. The highest BCUT2D eigenvalue weighted by molar-refractivity contribution is 5.92. The molecule has 1 N–H and O–H groups in total. The van der Waals surface area contributed by atoms with E-state index in [1.54, 1.807) is 6.08 Å². The van der Waals surface area contributed by atoms with Gasteiger partial charge in [0.25, 0.3) is 0 Å². The lowest BCUT2D eigenvalue weighted by Crippen LogP contribution is -2.42. The largest absolute Gasteiger partial charge is 0.387 e. The van der Waals surface area contributed by atoms with Crippen LogP contribution in [-0.4, -0.2) is 36.9 Å². The molecule has 0 radical (unpaired) electrons. The lowest BCUT2D eigenvalue weighted by atomic mass is 10.0. The van der Waals surface area contributed by atoms with Gasteiger partial charge < -0.3 is 10.2 Å². The standard InChI is InChI=1S/C12H20N2O/c1-14-7-3-2-4-11(14)9-13-10-5-6-12(15)8-10/h8,11,13H,2-7,9H2,1H3. The van der Waals surface area contributed by atoms with Crippen LogP contribution in [0.5, 0.6) is 0 Å². The molecular weight excluding hydrogens is 188 g/mol. The molecule has 3 heteroatoms. The van der Waals surface area contributed by atoms with Crippen LogP contribution in [0.4, 0.5) is 0 Å². The molecule has 3 nitrogen and oxygen atoms in total. The van der Waals surface area contributed by atoms with E-state index >= 15 is 0 Å². The number of rotatable bonds is 3. The van der Waals surface area contributed by atoms with E-state index in [0.717, 1.165) is 18.7 Å². The second-order valence-corrected chi connectivity index (χ2v) is 4.65. The number of carbonyl (C=O) groups is 1. The van der Waals surface area contributed by atoms with E-state index < -0.39 is 0 Å². The quantitative estimate of drug-likeness (QED) is 0.759. The minimum Gasteiger partial charge on any atom is -0.387 e. The zero-order valence-corrected chi connectivity index (χ0v) is 9.46. The number of nitrogens with zero attached hydrogens (tertiary/aromatic N) is 1. The van der Waals surface area contributed by atoms with Crippen LogP contribution in [0.1, 0.15) is 32.1 Å². The lowest BCUT2D eigenvalue weighted by molar-refractivity contribution is -0.114. The molecule has 1 heterocycles. The van der Waals surface area contributed by atoms with Crippen LogP contribution in [0, 0.1) is 0 Å². The molecule has 1 fully saturated rings. The number of carbonyl (C=O) groups excluding carboxylic acids is 1. The summed E-state index contributed by atoms with van der Waals surface area (Å²) in [6.45, 7) is 2.21. The van der Waals surface area contributed by atoms with Crippen LogP contribution in [0.2, 0.25) is 0 Å². The lowest BCUT2D eigenvalue weighted by Gasteiger charge is -2.32. The van der Waals surface area contributed by atoms with Crippen molar-refractivity contribution in [2.45, 2.75) is 38.1 Å². The van der Waals surface area contributed by atoms with Gasteiger partial charge in [0.05, 0.1) is 0 Å².